The zero-order valence-corrected chi connectivity index (χ0v) is 4.86. The van der Waals surface area contributed by atoms with Crippen molar-refractivity contribution < 1.29 is 8.78 Å². The van der Waals surface area contributed by atoms with E-state index in [-0.39, 0.29) is 5.56 Å². The second-order valence-corrected chi connectivity index (χ2v) is 1.71. The molecular weight excluding hydrogens is 124 g/mol. The average molecular weight is 129 g/mol. The van der Waals surface area contributed by atoms with E-state index < -0.39 is 11.8 Å². The van der Waals surface area contributed by atoms with Crippen molar-refractivity contribution in [3.8, 4) is 0 Å². The molecule has 3 heteroatoms. The van der Waals surface area contributed by atoms with Crippen molar-refractivity contribution in [1.29, 1.82) is 0 Å². The van der Waals surface area contributed by atoms with Gasteiger partial charge in [0.2, 0.25) is 5.95 Å². The van der Waals surface area contributed by atoms with Crippen LogP contribution in [-0.2, 0) is 0 Å². The lowest BCUT2D eigenvalue weighted by Gasteiger charge is -1.92. The highest BCUT2D eigenvalue weighted by molar-refractivity contribution is 5.10. The zero-order valence-electron chi connectivity index (χ0n) is 4.86. The van der Waals surface area contributed by atoms with Crippen molar-refractivity contribution in [3.05, 3.63) is 29.6 Å². The van der Waals surface area contributed by atoms with Gasteiger partial charge in [-0.15, -0.1) is 0 Å². The van der Waals surface area contributed by atoms with Crippen molar-refractivity contribution >= 4 is 0 Å². The highest BCUT2D eigenvalue weighted by Gasteiger charge is 2.01. The molecule has 0 aliphatic carbocycles. The molecule has 0 unspecified atom stereocenters. The van der Waals surface area contributed by atoms with Crippen LogP contribution in [0.15, 0.2) is 12.3 Å². The Morgan fingerprint density at radius 3 is 2.56 bits per heavy atom. The fourth-order valence-corrected chi connectivity index (χ4v) is 0.489. The van der Waals surface area contributed by atoms with Gasteiger partial charge in [-0.1, -0.05) is 0 Å². The summed E-state index contributed by atoms with van der Waals surface area (Å²) in [5.41, 5.74) is -0.0301. The molecule has 1 heterocycles. The molecule has 1 nitrogen and oxygen atoms in total. The topological polar surface area (TPSA) is 12.9 Å². The number of aromatic nitrogens is 1. The second kappa shape index (κ2) is 2.09. The summed E-state index contributed by atoms with van der Waals surface area (Å²) < 4.78 is 24.5. The van der Waals surface area contributed by atoms with Gasteiger partial charge < -0.3 is 0 Å². The monoisotopic (exact) mass is 129 g/mol. The fraction of sp³-hybridized carbons (Fsp3) is 0.167. The first kappa shape index (κ1) is 6.13. The standard InChI is InChI=1S/C6H5F2N/c1-4-5(7)2-3-9-6(4)8/h2-3H,1H3. The van der Waals surface area contributed by atoms with E-state index in [1.54, 1.807) is 0 Å². The Morgan fingerprint density at radius 1 is 1.44 bits per heavy atom. The predicted molar refractivity (Wildman–Crippen MR) is 28.9 cm³/mol. The molecule has 1 aromatic heterocycles. The zero-order chi connectivity index (χ0) is 6.85. The normalized spacial score (nSPS) is 9.67. The third-order valence-electron chi connectivity index (χ3n) is 1.08. The van der Waals surface area contributed by atoms with Crippen LogP contribution < -0.4 is 0 Å². The summed E-state index contributed by atoms with van der Waals surface area (Å²) in [6.07, 6.45) is 1.09. The highest BCUT2D eigenvalue weighted by atomic mass is 19.1. The van der Waals surface area contributed by atoms with Crippen LogP contribution in [0.25, 0.3) is 0 Å². The van der Waals surface area contributed by atoms with Gasteiger partial charge in [-0.3, -0.25) is 0 Å². The van der Waals surface area contributed by atoms with Gasteiger partial charge in [0.15, 0.2) is 0 Å². The second-order valence-electron chi connectivity index (χ2n) is 1.71. The van der Waals surface area contributed by atoms with Crippen LogP contribution >= 0.6 is 0 Å². The Kier molecular flexibility index (Phi) is 1.42. The maximum absolute atomic E-state index is 12.3. The molecule has 1 aromatic rings. The van der Waals surface area contributed by atoms with Gasteiger partial charge in [-0.2, -0.15) is 4.39 Å². The Morgan fingerprint density at radius 2 is 2.11 bits per heavy atom. The number of pyridine rings is 1. The van der Waals surface area contributed by atoms with Crippen molar-refractivity contribution in [3.63, 3.8) is 0 Å². The van der Waals surface area contributed by atoms with Crippen molar-refractivity contribution in [2.24, 2.45) is 0 Å². The molecule has 0 amide bonds. The number of rotatable bonds is 0. The Balaban J connectivity index is 3.25. The summed E-state index contributed by atoms with van der Waals surface area (Å²) >= 11 is 0. The summed E-state index contributed by atoms with van der Waals surface area (Å²) in [5, 5.41) is 0. The smallest absolute Gasteiger partial charge is 0.218 e. The van der Waals surface area contributed by atoms with E-state index in [1.807, 2.05) is 0 Å². The van der Waals surface area contributed by atoms with Crippen LogP contribution in [0, 0.1) is 18.7 Å². The van der Waals surface area contributed by atoms with Gasteiger partial charge in [-0.25, -0.2) is 9.37 Å². The van der Waals surface area contributed by atoms with Crippen molar-refractivity contribution in [1.82, 2.24) is 4.98 Å². The molecule has 9 heavy (non-hydrogen) atoms. The largest absolute Gasteiger partial charge is 0.228 e. The summed E-state index contributed by atoms with van der Waals surface area (Å²) in [6, 6.07) is 1.12. The molecule has 0 N–H and O–H groups in total. The van der Waals surface area contributed by atoms with Gasteiger partial charge in [0.05, 0.1) is 0 Å². The maximum Gasteiger partial charge on any atom is 0.218 e. The minimum absolute atomic E-state index is 0.0301. The van der Waals surface area contributed by atoms with Gasteiger partial charge >= 0.3 is 0 Å². The molecule has 48 valence electrons. The Hall–Kier alpha value is -0.990. The maximum atomic E-state index is 12.3. The molecule has 0 fully saturated rings. The summed E-state index contributed by atoms with van der Waals surface area (Å²) in [7, 11) is 0. The molecule has 1 rings (SSSR count). The van der Waals surface area contributed by atoms with E-state index in [0.29, 0.717) is 0 Å². The van der Waals surface area contributed by atoms with Crippen molar-refractivity contribution in [2.75, 3.05) is 0 Å². The van der Waals surface area contributed by atoms with Gasteiger partial charge in [0.1, 0.15) is 5.82 Å². The molecule has 0 atom stereocenters. The number of hydrogen-bond donors (Lipinski definition) is 0. The molecule has 0 saturated carbocycles. The lowest BCUT2D eigenvalue weighted by atomic mass is 10.3. The molecular formula is C6H5F2N. The molecule has 0 radical (unpaired) electrons. The average Bonchev–Trinajstić information content (AvgIpc) is 1.83. The number of halogens is 2. The first-order valence-corrected chi connectivity index (χ1v) is 2.48. The van der Waals surface area contributed by atoms with Crippen LogP contribution in [0.4, 0.5) is 8.78 Å². The van der Waals surface area contributed by atoms with Crippen LogP contribution in [0.2, 0.25) is 0 Å². The third kappa shape index (κ3) is 1.04. The minimum atomic E-state index is -0.741. The molecule has 0 spiro atoms. The van der Waals surface area contributed by atoms with E-state index in [0.717, 1.165) is 12.3 Å². The van der Waals surface area contributed by atoms with E-state index in [9.17, 15) is 8.78 Å². The summed E-state index contributed by atoms with van der Waals surface area (Å²) in [5.74, 6) is -1.29. The lowest BCUT2D eigenvalue weighted by molar-refractivity contribution is 0.537. The van der Waals surface area contributed by atoms with E-state index in [1.165, 1.54) is 6.92 Å². The third-order valence-corrected chi connectivity index (χ3v) is 1.08. The van der Waals surface area contributed by atoms with E-state index in [2.05, 4.69) is 4.98 Å². The predicted octanol–water partition coefficient (Wildman–Crippen LogP) is 1.67. The summed E-state index contributed by atoms with van der Waals surface area (Å²) in [6.45, 7) is 1.34. The number of hydrogen-bond acceptors (Lipinski definition) is 1. The van der Waals surface area contributed by atoms with Crippen LogP contribution in [0.1, 0.15) is 5.56 Å². The first-order valence-electron chi connectivity index (χ1n) is 2.48. The molecule has 0 saturated heterocycles. The number of nitrogens with zero attached hydrogens (tertiary/aromatic N) is 1. The van der Waals surface area contributed by atoms with Crippen molar-refractivity contribution in [2.45, 2.75) is 6.92 Å². The van der Waals surface area contributed by atoms with Crippen LogP contribution in [-0.4, -0.2) is 4.98 Å². The van der Waals surface area contributed by atoms with E-state index in [4.69, 9.17) is 0 Å². The SMILES string of the molecule is Cc1c(F)ccnc1F. The lowest BCUT2D eigenvalue weighted by Crippen LogP contribution is -1.90. The van der Waals surface area contributed by atoms with Crippen LogP contribution in [0.3, 0.4) is 0 Å². The summed E-state index contributed by atoms with van der Waals surface area (Å²) in [4.78, 5) is 3.23. The fourth-order valence-electron chi connectivity index (χ4n) is 0.489. The van der Waals surface area contributed by atoms with Gasteiger partial charge in [0, 0.05) is 11.8 Å². The first-order chi connectivity index (χ1) is 4.22. The molecule has 0 aliphatic heterocycles. The van der Waals surface area contributed by atoms with Gasteiger partial charge in [-0.05, 0) is 13.0 Å². The van der Waals surface area contributed by atoms with Gasteiger partial charge in [0.25, 0.3) is 0 Å². The molecule has 0 aliphatic rings. The van der Waals surface area contributed by atoms with Crippen LogP contribution in [0.5, 0.6) is 0 Å². The highest BCUT2D eigenvalue weighted by Crippen LogP contribution is 2.05. The molecule has 0 bridgehead atoms. The molecule has 0 aromatic carbocycles. The Bertz CT molecular complexity index is 202. The minimum Gasteiger partial charge on any atom is -0.228 e. The van der Waals surface area contributed by atoms with E-state index >= 15 is 0 Å². The Labute approximate surface area is 51.3 Å². The quantitative estimate of drug-likeness (QED) is 0.485.